The Bertz CT molecular complexity index is 665. The number of carbonyl (C=O) groups excluding carboxylic acids is 1. The standard InChI is InChI=1S/C16H19N3O2/c1-12-10-15(20)14(11-18-12)16(21)17-8-9-19(2)13-6-4-3-5-7-13/h3-7,10-11H,8-9H2,1-2H3,(H,17,21)(H,18,20). The van der Waals surface area contributed by atoms with Gasteiger partial charge in [-0.15, -0.1) is 0 Å². The van der Waals surface area contributed by atoms with Gasteiger partial charge in [0.05, 0.1) is 0 Å². The molecule has 1 aromatic carbocycles. The van der Waals surface area contributed by atoms with E-state index in [1.54, 1.807) is 6.92 Å². The highest BCUT2D eigenvalue weighted by Crippen LogP contribution is 2.09. The number of amides is 1. The van der Waals surface area contributed by atoms with Crippen molar-refractivity contribution in [2.45, 2.75) is 6.92 Å². The van der Waals surface area contributed by atoms with Gasteiger partial charge in [0.1, 0.15) is 5.56 Å². The predicted molar refractivity (Wildman–Crippen MR) is 83.8 cm³/mol. The summed E-state index contributed by atoms with van der Waals surface area (Å²) in [5.74, 6) is -0.349. The molecule has 0 aliphatic heterocycles. The van der Waals surface area contributed by atoms with Gasteiger partial charge in [0, 0.05) is 43.8 Å². The van der Waals surface area contributed by atoms with Crippen LogP contribution in [0.3, 0.4) is 0 Å². The topological polar surface area (TPSA) is 65.2 Å². The van der Waals surface area contributed by atoms with E-state index in [4.69, 9.17) is 0 Å². The molecule has 0 bridgehead atoms. The highest BCUT2D eigenvalue weighted by molar-refractivity contribution is 5.93. The molecule has 0 radical (unpaired) electrons. The number of nitrogens with zero attached hydrogens (tertiary/aromatic N) is 1. The van der Waals surface area contributed by atoms with Crippen LogP contribution in [0.15, 0.2) is 47.4 Å². The predicted octanol–water partition coefficient (Wildman–Crippen LogP) is 1.55. The molecule has 0 atom stereocenters. The van der Waals surface area contributed by atoms with Crippen molar-refractivity contribution >= 4 is 11.6 Å². The van der Waals surface area contributed by atoms with Crippen LogP contribution in [0.2, 0.25) is 0 Å². The molecule has 2 rings (SSSR count). The van der Waals surface area contributed by atoms with Gasteiger partial charge in [0.2, 0.25) is 0 Å². The molecular weight excluding hydrogens is 266 g/mol. The Morgan fingerprint density at radius 2 is 2.00 bits per heavy atom. The van der Waals surface area contributed by atoms with Crippen LogP contribution >= 0.6 is 0 Å². The van der Waals surface area contributed by atoms with E-state index in [9.17, 15) is 9.59 Å². The third kappa shape index (κ3) is 3.95. The smallest absolute Gasteiger partial charge is 0.256 e. The zero-order valence-corrected chi connectivity index (χ0v) is 12.2. The number of para-hydroxylation sites is 1. The van der Waals surface area contributed by atoms with Gasteiger partial charge in [-0.1, -0.05) is 18.2 Å². The molecule has 0 spiro atoms. The second-order valence-electron chi connectivity index (χ2n) is 4.91. The monoisotopic (exact) mass is 285 g/mol. The zero-order valence-electron chi connectivity index (χ0n) is 12.2. The number of hydrogen-bond acceptors (Lipinski definition) is 3. The minimum absolute atomic E-state index is 0.142. The number of pyridine rings is 1. The van der Waals surface area contributed by atoms with Crippen molar-refractivity contribution in [3.8, 4) is 0 Å². The number of likely N-dealkylation sites (N-methyl/N-ethyl adjacent to an activating group) is 1. The van der Waals surface area contributed by atoms with Gasteiger partial charge in [-0.05, 0) is 19.1 Å². The van der Waals surface area contributed by atoms with Crippen LogP contribution in [0.5, 0.6) is 0 Å². The SMILES string of the molecule is Cc1cc(=O)c(C(=O)NCCN(C)c2ccccc2)c[nH]1. The number of hydrogen-bond donors (Lipinski definition) is 2. The van der Waals surface area contributed by atoms with E-state index in [1.807, 2.05) is 42.3 Å². The highest BCUT2D eigenvalue weighted by Gasteiger charge is 2.09. The largest absolute Gasteiger partial charge is 0.373 e. The average Bonchev–Trinajstić information content (AvgIpc) is 2.47. The van der Waals surface area contributed by atoms with Gasteiger partial charge in [-0.3, -0.25) is 9.59 Å². The molecule has 1 aromatic heterocycles. The molecule has 110 valence electrons. The molecule has 1 amide bonds. The van der Waals surface area contributed by atoms with Crippen LogP contribution < -0.4 is 15.6 Å². The molecule has 0 aliphatic carbocycles. The number of anilines is 1. The van der Waals surface area contributed by atoms with Gasteiger partial charge < -0.3 is 15.2 Å². The lowest BCUT2D eigenvalue weighted by Gasteiger charge is -2.19. The first-order valence-electron chi connectivity index (χ1n) is 6.81. The second kappa shape index (κ2) is 6.74. The molecule has 5 nitrogen and oxygen atoms in total. The normalized spacial score (nSPS) is 10.2. The van der Waals surface area contributed by atoms with Crippen LogP contribution in [0.1, 0.15) is 16.1 Å². The Hall–Kier alpha value is -2.56. The summed E-state index contributed by atoms with van der Waals surface area (Å²) in [5.41, 5.74) is 1.70. The number of aromatic amines is 1. The Kier molecular flexibility index (Phi) is 4.77. The van der Waals surface area contributed by atoms with Crippen molar-refractivity contribution in [1.29, 1.82) is 0 Å². The maximum Gasteiger partial charge on any atom is 0.256 e. The number of nitrogens with one attached hydrogen (secondary N) is 2. The molecule has 5 heteroatoms. The molecule has 0 saturated heterocycles. The Balaban J connectivity index is 1.89. The molecule has 0 unspecified atom stereocenters. The van der Waals surface area contributed by atoms with Crippen molar-refractivity contribution in [2.75, 3.05) is 25.0 Å². The molecular formula is C16H19N3O2. The fraction of sp³-hybridized carbons (Fsp3) is 0.250. The van der Waals surface area contributed by atoms with Crippen LogP contribution in [-0.2, 0) is 0 Å². The second-order valence-corrected chi connectivity index (χ2v) is 4.91. The fourth-order valence-electron chi connectivity index (χ4n) is 1.99. The van der Waals surface area contributed by atoms with Gasteiger partial charge >= 0.3 is 0 Å². The molecule has 1 heterocycles. The third-order valence-corrected chi connectivity index (χ3v) is 3.23. The maximum absolute atomic E-state index is 11.9. The Morgan fingerprint density at radius 3 is 2.67 bits per heavy atom. The number of rotatable bonds is 5. The van der Waals surface area contributed by atoms with Gasteiger partial charge in [0.25, 0.3) is 5.91 Å². The lowest BCUT2D eigenvalue weighted by Crippen LogP contribution is -2.35. The van der Waals surface area contributed by atoms with Gasteiger partial charge in [-0.25, -0.2) is 0 Å². The van der Waals surface area contributed by atoms with E-state index in [0.717, 1.165) is 11.4 Å². The highest BCUT2D eigenvalue weighted by atomic mass is 16.2. The minimum atomic E-state index is -0.349. The van der Waals surface area contributed by atoms with Crippen LogP contribution in [-0.4, -0.2) is 31.0 Å². The van der Waals surface area contributed by atoms with E-state index in [0.29, 0.717) is 13.1 Å². The van der Waals surface area contributed by atoms with E-state index in [-0.39, 0.29) is 16.9 Å². The summed E-state index contributed by atoms with van der Waals surface area (Å²) in [5, 5.41) is 2.76. The Morgan fingerprint density at radius 1 is 1.29 bits per heavy atom. The number of aryl methyl sites for hydroxylation is 1. The summed E-state index contributed by atoms with van der Waals surface area (Å²) in [7, 11) is 1.96. The van der Waals surface area contributed by atoms with E-state index in [2.05, 4.69) is 10.3 Å². The molecule has 0 fully saturated rings. The maximum atomic E-state index is 11.9. The minimum Gasteiger partial charge on any atom is -0.373 e. The summed E-state index contributed by atoms with van der Waals surface area (Å²) in [6.45, 7) is 2.91. The summed E-state index contributed by atoms with van der Waals surface area (Å²) in [6, 6.07) is 11.3. The fourth-order valence-corrected chi connectivity index (χ4v) is 1.99. The lowest BCUT2D eigenvalue weighted by atomic mass is 10.2. The molecule has 0 aliphatic rings. The van der Waals surface area contributed by atoms with E-state index in [1.165, 1.54) is 12.3 Å². The quantitative estimate of drug-likeness (QED) is 0.876. The third-order valence-electron chi connectivity index (χ3n) is 3.23. The summed E-state index contributed by atoms with van der Waals surface area (Å²) in [6.07, 6.45) is 1.45. The van der Waals surface area contributed by atoms with Crippen molar-refractivity contribution in [2.24, 2.45) is 0 Å². The average molecular weight is 285 g/mol. The Labute approximate surface area is 123 Å². The molecule has 2 aromatic rings. The number of benzene rings is 1. The number of aromatic nitrogens is 1. The summed E-state index contributed by atoms with van der Waals surface area (Å²) in [4.78, 5) is 28.6. The van der Waals surface area contributed by atoms with Crippen molar-refractivity contribution in [3.63, 3.8) is 0 Å². The van der Waals surface area contributed by atoms with Crippen LogP contribution in [0.25, 0.3) is 0 Å². The summed E-state index contributed by atoms with van der Waals surface area (Å²) < 4.78 is 0. The number of carbonyl (C=O) groups is 1. The van der Waals surface area contributed by atoms with E-state index >= 15 is 0 Å². The van der Waals surface area contributed by atoms with Crippen molar-refractivity contribution in [1.82, 2.24) is 10.3 Å². The zero-order chi connectivity index (χ0) is 15.2. The number of H-pyrrole nitrogens is 1. The van der Waals surface area contributed by atoms with Gasteiger partial charge in [-0.2, -0.15) is 0 Å². The first kappa shape index (κ1) is 14.8. The lowest BCUT2D eigenvalue weighted by molar-refractivity contribution is 0.0953. The van der Waals surface area contributed by atoms with Crippen molar-refractivity contribution < 1.29 is 4.79 Å². The molecule has 21 heavy (non-hydrogen) atoms. The molecule has 2 N–H and O–H groups in total. The van der Waals surface area contributed by atoms with Crippen LogP contribution in [0.4, 0.5) is 5.69 Å². The first-order valence-corrected chi connectivity index (χ1v) is 6.81. The summed E-state index contributed by atoms with van der Waals surface area (Å²) >= 11 is 0. The van der Waals surface area contributed by atoms with Crippen LogP contribution in [0, 0.1) is 6.92 Å². The van der Waals surface area contributed by atoms with Gasteiger partial charge in [0.15, 0.2) is 5.43 Å². The van der Waals surface area contributed by atoms with Crippen molar-refractivity contribution in [3.05, 3.63) is 64.1 Å². The first-order chi connectivity index (χ1) is 10.1. The molecule has 0 saturated carbocycles. The van der Waals surface area contributed by atoms with E-state index < -0.39 is 0 Å².